The Morgan fingerprint density at radius 2 is 1.93 bits per heavy atom. The van der Waals surface area contributed by atoms with E-state index >= 15 is 0 Å². The lowest BCUT2D eigenvalue weighted by Gasteiger charge is -2.08. The topological polar surface area (TPSA) is 192 Å². The highest BCUT2D eigenvalue weighted by Gasteiger charge is 2.25. The number of ether oxygens (including phenoxy) is 2. The number of carbonyl (C=O) groups is 1. The molecule has 0 bridgehead atoms. The molecule has 0 saturated carbocycles. The molecule has 0 atom stereocenters. The van der Waals surface area contributed by atoms with Crippen LogP contribution in [0.25, 0.3) is 11.4 Å². The maximum absolute atomic E-state index is 12.5. The Morgan fingerprint density at radius 3 is 2.52 bits per heavy atom. The third kappa shape index (κ3) is 4.61. The van der Waals surface area contributed by atoms with E-state index in [1.54, 1.807) is 0 Å². The molecule has 154 valence electrons. The molecule has 0 spiro atoms. The predicted octanol–water partition coefficient (Wildman–Crippen LogP) is -1.68. The molecular formula is C13H16N10O5S. The van der Waals surface area contributed by atoms with Gasteiger partial charge in [-0.1, -0.05) is 0 Å². The summed E-state index contributed by atoms with van der Waals surface area (Å²) in [4.78, 5) is 21.1. The molecule has 3 N–H and O–H groups in total. The van der Waals surface area contributed by atoms with Gasteiger partial charge < -0.3 is 9.47 Å². The lowest BCUT2D eigenvalue weighted by molar-refractivity contribution is -0.115. The molecule has 3 heterocycles. The van der Waals surface area contributed by atoms with Gasteiger partial charge in [-0.05, 0) is 5.21 Å². The first kappa shape index (κ1) is 20.1. The van der Waals surface area contributed by atoms with E-state index in [1.807, 2.05) is 0 Å². The molecule has 15 nitrogen and oxygen atoms in total. The second-order valence-corrected chi connectivity index (χ2v) is 7.07. The zero-order chi connectivity index (χ0) is 21.0. The summed E-state index contributed by atoms with van der Waals surface area (Å²) in [6, 6.07) is 1.42. The Hall–Kier alpha value is -3.66. The average molecular weight is 424 g/mol. The Morgan fingerprint density at radius 1 is 1.24 bits per heavy atom. The van der Waals surface area contributed by atoms with Gasteiger partial charge in [-0.3, -0.25) is 15.2 Å². The van der Waals surface area contributed by atoms with Gasteiger partial charge in [-0.2, -0.15) is 19.9 Å². The number of hydrogen-bond acceptors (Lipinski definition) is 11. The fourth-order valence-corrected chi connectivity index (χ4v) is 3.17. The number of nitrogens with one attached hydrogen (secondary N) is 3. The first-order valence-electron chi connectivity index (χ1n) is 7.86. The van der Waals surface area contributed by atoms with Gasteiger partial charge in [0.1, 0.15) is 0 Å². The summed E-state index contributed by atoms with van der Waals surface area (Å²) in [7, 11) is 0.164. The van der Waals surface area contributed by atoms with E-state index in [9.17, 15) is 13.2 Å². The number of rotatable bonds is 8. The number of methoxy groups -OCH3 is 2. The van der Waals surface area contributed by atoms with Gasteiger partial charge in [0, 0.05) is 0 Å². The van der Waals surface area contributed by atoms with Gasteiger partial charge in [-0.25, -0.2) is 13.1 Å². The van der Waals surface area contributed by atoms with Gasteiger partial charge in [0.05, 0.1) is 45.6 Å². The highest BCUT2D eigenvalue weighted by molar-refractivity contribution is 7.89. The number of amides is 1. The molecule has 29 heavy (non-hydrogen) atoms. The number of hydrogen-bond donors (Lipinski definition) is 3. The second kappa shape index (κ2) is 8.15. The lowest BCUT2D eigenvalue weighted by Crippen LogP contribution is -2.33. The van der Waals surface area contributed by atoms with Gasteiger partial charge in [0.25, 0.3) is 10.0 Å². The van der Waals surface area contributed by atoms with Crippen molar-refractivity contribution >= 4 is 21.9 Å². The Kier molecular flexibility index (Phi) is 5.64. The largest absolute Gasteiger partial charge is 0.481 e. The molecule has 0 radical (unpaired) electrons. The van der Waals surface area contributed by atoms with Crippen LogP contribution in [-0.2, 0) is 21.9 Å². The number of sulfonamides is 1. The maximum atomic E-state index is 12.5. The smallest absolute Gasteiger partial charge is 0.258 e. The van der Waals surface area contributed by atoms with Crippen LogP contribution < -0.4 is 19.5 Å². The molecule has 1 amide bonds. The molecule has 3 rings (SSSR count). The molecule has 0 fully saturated rings. The van der Waals surface area contributed by atoms with Crippen LogP contribution in [-0.4, -0.2) is 75.5 Å². The summed E-state index contributed by atoms with van der Waals surface area (Å²) in [5.41, 5.74) is 0.104. The monoisotopic (exact) mass is 424 g/mol. The van der Waals surface area contributed by atoms with Crippen molar-refractivity contribution in [2.24, 2.45) is 7.05 Å². The van der Waals surface area contributed by atoms with Crippen LogP contribution in [0.5, 0.6) is 11.8 Å². The van der Waals surface area contributed by atoms with Crippen LogP contribution >= 0.6 is 0 Å². The van der Waals surface area contributed by atoms with Gasteiger partial charge in [-0.15, -0.1) is 10.2 Å². The van der Waals surface area contributed by atoms with Gasteiger partial charge in [0.15, 0.2) is 5.03 Å². The van der Waals surface area contributed by atoms with Crippen molar-refractivity contribution in [1.82, 2.24) is 45.1 Å². The number of aromatic nitrogens is 8. The molecule has 0 aromatic carbocycles. The van der Waals surface area contributed by atoms with E-state index < -0.39 is 22.5 Å². The van der Waals surface area contributed by atoms with Crippen LogP contribution in [0.2, 0.25) is 0 Å². The fourth-order valence-electron chi connectivity index (χ4n) is 2.10. The number of aromatic amines is 1. The molecule has 0 aliphatic carbocycles. The van der Waals surface area contributed by atoms with Crippen LogP contribution in [0.4, 0.5) is 5.95 Å². The van der Waals surface area contributed by atoms with Crippen LogP contribution in [0, 0.1) is 0 Å². The quantitative estimate of drug-likeness (QED) is 0.374. The summed E-state index contributed by atoms with van der Waals surface area (Å²) < 4.78 is 37.2. The predicted molar refractivity (Wildman–Crippen MR) is 95.3 cm³/mol. The van der Waals surface area contributed by atoms with Gasteiger partial charge >= 0.3 is 0 Å². The van der Waals surface area contributed by atoms with E-state index in [-0.39, 0.29) is 34.1 Å². The normalized spacial score (nSPS) is 11.3. The first-order chi connectivity index (χ1) is 13.8. The van der Waals surface area contributed by atoms with E-state index in [4.69, 9.17) is 9.47 Å². The SMILES string of the molecule is COc1cc(OC)nc(NC(=O)CNS(=O)(=O)c2[nH]ncc2-c2nnn(C)n2)n1. The molecule has 0 unspecified atom stereocenters. The Balaban J connectivity index is 1.70. The van der Waals surface area contributed by atoms with Crippen molar-refractivity contribution in [1.29, 1.82) is 0 Å². The summed E-state index contributed by atoms with van der Waals surface area (Å²) in [5, 5.41) is 19.4. The number of H-pyrrole nitrogens is 1. The number of tetrazole rings is 1. The molecule has 16 heteroatoms. The molecular weight excluding hydrogens is 408 g/mol. The number of nitrogens with zero attached hydrogens (tertiary/aromatic N) is 7. The van der Waals surface area contributed by atoms with Crippen molar-refractivity contribution in [3.05, 3.63) is 12.3 Å². The number of aryl methyl sites for hydroxylation is 1. The Labute approximate surface area is 163 Å². The molecule has 3 aromatic rings. The molecule has 3 aromatic heterocycles. The minimum Gasteiger partial charge on any atom is -0.481 e. The van der Waals surface area contributed by atoms with Crippen LogP contribution in [0.3, 0.4) is 0 Å². The van der Waals surface area contributed by atoms with E-state index in [0.29, 0.717) is 0 Å². The van der Waals surface area contributed by atoms with E-state index in [0.717, 1.165) is 0 Å². The standard InChI is InChI=1S/C13H16N10O5S/c1-23-21-11(19-22-23)7-5-14-20-12(7)29(25,26)15-6-8(24)16-13-17-9(27-2)4-10(18-13)28-3/h4-5,15H,6H2,1-3H3,(H,14,20)(H,16,17,18,24). The minimum atomic E-state index is -4.14. The number of carbonyl (C=O) groups excluding carboxylic acids is 1. The van der Waals surface area contributed by atoms with Crippen molar-refractivity contribution in [2.45, 2.75) is 5.03 Å². The lowest BCUT2D eigenvalue weighted by atomic mass is 10.3. The highest BCUT2D eigenvalue weighted by Crippen LogP contribution is 2.21. The third-order valence-electron chi connectivity index (χ3n) is 3.39. The summed E-state index contributed by atoms with van der Waals surface area (Å²) >= 11 is 0. The van der Waals surface area contributed by atoms with Crippen molar-refractivity contribution in [3.63, 3.8) is 0 Å². The zero-order valence-electron chi connectivity index (χ0n) is 15.4. The fraction of sp³-hybridized carbons (Fsp3) is 0.308. The maximum Gasteiger partial charge on any atom is 0.258 e. The summed E-state index contributed by atoms with van der Waals surface area (Å²) in [6.45, 7) is -0.600. The second-order valence-electron chi connectivity index (χ2n) is 5.36. The van der Waals surface area contributed by atoms with Crippen LogP contribution in [0.1, 0.15) is 0 Å². The van der Waals surface area contributed by atoms with E-state index in [1.165, 1.54) is 38.3 Å². The Bertz CT molecular complexity index is 1100. The van der Waals surface area contributed by atoms with Crippen molar-refractivity contribution < 1.29 is 22.7 Å². The number of anilines is 1. The van der Waals surface area contributed by atoms with Crippen LogP contribution in [0.15, 0.2) is 17.3 Å². The van der Waals surface area contributed by atoms with Gasteiger partial charge in [0.2, 0.25) is 29.4 Å². The third-order valence-corrected chi connectivity index (χ3v) is 4.77. The minimum absolute atomic E-state index is 0.0583. The zero-order valence-corrected chi connectivity index (χ0v) is 16.3. The summed E-state index contributed by atoms with van der Waals surface area (Å²) in [6.07, 6.45) is 1.24. The average Bonchev–Trinajstić information content (AvgIpc) is 3.35. The molecule has 0 aliphatic rings. The van der Waals surface area contributed by atoms with Crippen molar-refractivity contribution in [2.75, 3.05) is 26.1 Å². The first-order valence-corrected chi connectivity index (χ1v) is 9.35. The molecule has 0 aliphatic heterocycles. The highest BCUT2D eigenvalue weighted by atomic mass is 32.2. The van der Waals surface area contributed by atoms with E-state index in [2.05, 4.69) is 45.6 Å². The van der Waals surface area contributed by atoms with Crippen molar-refractivity contribution in [3.8, 4) is 23.1 Å². The summed E-state index contributed by atoms with van der Waals surface area (Å²) in [5.74, 6) is -0.459. The molecule has 0 saturated heterocycles.